The van der Waals surface area contributed by atoms with E-state index in [1.54, 1.807) is 0 Å². The molecule has 0 aromatic heterocycles. The van der Waals surface area contributed by atoms with E-state index in [0.29, 0.717) is 11.8 Å². The van der Waals surface area contributed by atoms with Crippen LogP contribution in [0.1, 0.15) is 41.0 Å². The first-order valence-corrected chi connectivity index (χ1v) is 5.37. The van der Waals surface area contributed by atoms with Gasteiger partial charge in [-0.15, -0.1) is 0 Å². The van der Waals surface area contributed by atoms with Gasteiger partial charge in [0.1, 0.15) is 0 Å². The molecule has 0 heterocycles. The van der Waals surface area contributed by atoms with Crippen LogP contribution >= 0.6 is 0 Å². The van der Waals surface area contributed by atoms with Crippen molar-refractivity contribution in [2.75, 3.05) is 13.1 Å². The third kappa shape index (κ3) is 3.37. The van der Waals surface area contributed by atoms with E-state index >= 15 is 0 Å². The highest BCUT2D eigenvalue weighted by Crippen LogP contribution is 2.17. The second kappa shape index (κ2) is 6.01. The molecule has 0 bridgehead atoms. The van der Waals surface area contributed by atoms with Crippen LogP contribution in [0.2, 0.25) is 0 Å². The fraction of sp³-hybridized carbons (Fsp3) is 0.909. The van der Waals surface area contributed by atoms with E-state index in [9.17, 15) is 4.79 Å². The summed E-state index contributed by atoms with van der Waals surface area (Å²) in [7, 11) is 0. The van der Waals surface area contributed by atoms with Crippen molar-refractivity contribution in [1.29, 1.82) is 0 Å². The summed E-state index contributed by atoms with van der Waals surface area (Å²) in [6, 6.07) is 0. The molecule has 1 amide bonds. The van der Waals surface area contributed by atoms with Gasteiger partial charge in [-0.2, -0.15) is 0 Å². The molecule has 0 saturated carbocycles. The van der Waals surface area contributed by atoms with Crippen LogP contribution in [0.25, 0.3) is 0 Å². The van der Waals surface area contributed by atoms with E-state index in [4.69, 9.17) is 0 Å². The van der Waals surface area contributed by atoms with Crippen molar-refractivity contribution in [2.45, 2.75) is 41.0 Å². The lowest BCUT2D eigenvalue weighted by Crippen LogP contribution is -2.37. The van der Waals surface area contributed by atoms with Crippen molar-refractivity contribution in [3.63, 3.8) is 0 Å². The largest absolute Gasteiger partial charge is 0.343 e. The van der Waals surface area contributed by atoms with Gasteiger partial charge in [-0.3, -0.25) is 4.79 Å². The number of hydrogen-bond acceptors (Lipinski definition) is 1. The minimum Gasteiger partial charge on any atom is -0.343 e. The SMILES string of the molecule is CCC(C(=O)N(CC)CC)C(C)C. The second-order valence-electron chi connectivity index (χ2n) is 3.77. The van der Waals surface area contributed by atoms with Crippen molar-refractivity contribution in [1.82, 2.24) is 4.90 Å². The molecule has 0 aliphatic heterocycles. The predicted molar refractivity (Wildman–Crippen MR) is 56.5 cm³/mol. The molecule has 0 rings (SSSR count). The topological polar surface area (TPSA) is 20.3 Å². The first-order valence-electron chi connectivity index (χ1n) is 5.37. The number of carbonyl (C=O) groups is 1. The van der Waals surface area contributed by atoms with E-state index in [-0.39, 0.29) is 5.92 Å². The predicted octanol–water partition coefficient (Wildman–Crippen LogP) is 2.54. The summed E-state index contributed by atoms with van der Waals surface area (Å²) in [5, 5.41) is 0. The zero-order valence-corrected chi connectivity index (χ0v) is 9.63. The molecule has 0 fully saturated rings. The van der Waals surface area contributed by atoms with Crippen LogP contribution < -0.4 is 0 Å². The molecular weight excluding hydrogens is 162 g/mol. The van der Waals surface area contributed by atoms with Gasteiger partial charge in [0.05, 0.1) is 0 Å². The molecule has 0 aliphatic rings. The van der Waals surface area contributed by atoms with E-state index < -0.39 is 0 Å². The molecule has 0 radical (unpaired) electrons. The van der Waals surface area contributed by atoms with Crippen molar-refractivity contribution >= 4 is 5.91 Å². The Balaban J connectivity index is 4.34. The summed E-state index contributed by atoms with van der Waals surface area (Å²) < 4.78 is 0. The van der Waals surface area contributed by atoms with Gasteiger partial charge in [0.25, 0.3) is 0 Å². The number of hydrogen-bond donors (Lipinski definition) is 0. The molecule has 2 nitrogen and oxygen atoms in total. The van der Waals surface area contributed by atoms with Gasteiger partial charge in [0.15, 0.2) is 0 Å². The minimum absolute atomic E-state index is 0.208. The van der Waals surface area contributed by atoms with E-state index in [1.807, 2.05) is 18.7 Å². The van der Waals surface area contributed by atoms with Crippen LogP contribution in [-0.4, -0.2) is 23.9 Å². The monoisotopic (exact) mass is 185 g/mol. The average Bonchev–Trinajstić information content (AvgIpc) is 2.07. The molecule has 1 atom stereocenters. The molecule has 78 valence electrons. The molecule has 0 saturated heterocycles. The van der Waals surface area contributed by atoms with Crippen molar-refractivity contribution < 1.29 is 4.79 Å². The highest BCUT2D eigenvalue weighted by atomic mass is 16.2. The Morgan fingerprint density at radius 3 is 1.85 bits per heavy atom. The summed E-state index contributed by atoms with van der Waals surface area (Å²) in [5.41, 5.74) is 0. The van der Waals surface area contributed by atoms with Crippen LogP contribution in [0.5, 0.6) is 0 Å². The molecule has 0 N–H and O–H groups in total. The maximum atomic E-state index is 11.9. The molecule has 0 aromatic rings. The Morgan fingerprint density at radius 1 is 1.15 bits per heavy atom. The van der Waals surface area contributed by atoms with Crippen LogP contribution in [0, 0.1) is 11.8 Å². The Morgan fingerprint density at radius 2 is 1.62 bits per heavy atom. The quantitative estimate of drug-likeness (QED) is 0.644. The lowest BCUT2D eigenvalue weighted by atomic mass is 9.92. The maximum absolute atomic E-state index is 11.9. The second-order valence-corrected chi connectivity index (χ2v) is 3.77. The molecule has 0 aliphatic carbocycles. The van der Waals surface area contributed by atoms with Crippen molar-refractivity contribution in [2.24, 2.45) is 11.8 Å². The number of amides is 1. The van der Waals surface area contributed by atoms with Gasteiger partial charge in [-0.1, -0.05) is 20.8 Å². The standard InChI is InChI=1S/C11H23NO/c1-6-10(9(4)5)11(13)12(7-2)8-3/h9-10H,6-8H2,1-5H3. The summed E-state index contributed by atoms with van der Waals surface area (Å²) in [4.78, 5) is 13.8. The smallest absolute Gasteiger partial charge is 0.225 e. The Bertz CT molecular complexity index is 150. The van der Waals surface area contributed by atoms with Crippen LogP contribution in [0.3, 0.4) is 0 Å². The Hall–Kier alpha value is -0.530. The maximum Gasteiger partial charge on any atom is 0.225 e. The molecule has 1 unspecified atom stereocenters. The fourth-order valence-electron chi connectivity index (χ4n) is 1.70. The van der Waals surface area contributed by atoms with Crippen molar-refractivity contribution in [3.8, 4) is 0 Å². The normalized spacial score (nSPS) is 13.1. The number of rotatable bonds is 5. The number of nitrogens with zero attached hydrogens (tertiary/aromatic N) is 1. The van der Waals surface area contributed by atoms with E-state index in [1.165, 1.54) is 0 Å². The van der Waals surface area contributed by atoms with Crippen LogP contribution in [0.4, 0.5) is 0 Å². The summed E-state index contributed by atoms with van der Waals surface area (Å²) in [6.07, 6.45) is 0.951. The molecule has 13 heavy (non-hydrogen) atoms. The van der Waals surface area contributed by atoms with Gasteiger partial charge < -0.3 is 4.90 Å². The van der Waals surface area contributed by atoms with Crippen LogP contribution in [-0.2, 0) is 4.79 Å². The van der Waals surface area contributed by atoms with E-state index in [0.717, 1.165) is 19.5 Å². The third-order valence-electron chi connectivity index (χ3n) is 2.64. The van der Waals surface area contributed by atoms with Gasteiger partial charge >= 0.3 is 0 Å². The minimum atomic E-state index is 0.208. The van der Waals surface area contributed by atoms with Crippen LogP contribution in [0.15, 0.2) is 0 Å². The zero-order valence-electron chi connectivity index (χ0n) is 9.63. The summed E-state index contributed by atoms with van der Waals surface area (Å²) >= 11 is 0. The lowest BCUT2D eigenvalue weighted by Gasteiger charge is -2.26. The highest BCUT2D eigenvalue weighted by molar-refractivity contribution is 5.78. The Labute approximate surface area is 82.3 Å². The molecule has 2 heteroatoms. The van der Waals surface area contributed by atoms with Gasteiger partial charge in [-0.05, 0) is 26.2 Å². The average molecular weight is 185 g/mol. The summed E-state index contributed by atoms with van der Waals surface area (Å²) in [6.45, 7) is 12.1. The molecule has 0 aromatic carbocycles. The zero-order chi connectivity index (χ0) is 10.4. The van der Waals surface area contributed by atoms with Gasteiger partial charge in [-0.25, -0.2) is 0 Å². The van der Waals surface area contributed by atoms with Gasteiger partial charge in [0.2, 0.25) is 5.91 Å². The first-order chi connectivity index (χ1) is 6.08. The molecular formula is C11H23NO. The highest BCUT2D eigenvalue weighted by Gasteiger charge is 2.23. The third-order valence-corrected chi connectivity index (χ3v) is 2.64. The van der Waals surface area contributed by atoms with Gasteiger partial charge in [0, 0.05) is 19.0 Å². The molecule has 0 spiro atoms. The fourth-order valence-corrected chi connectivity index (χ4v) is 1.70. The lowest BCUT2D eigenvalue weighted by molar-refractivity contribution is -0.136. The van der Waals surface area contributed by atoms with Crippen molar-refractivity contribution in [3.05, 3.63) is 0 Å². The van der Waals surface area contributed by atoms with E-state index in [2.05, 4.69) is 20.8 Å². The Kier molecular flexibility index (Phi) is 5.76. The number of carbonyl (C=O) groups excluding carboxylic acids is 1. The summed E-state index contributed by atoms with van der Waals surface area (Å²) in [5.74, 6) is 0.987. The first kappa shape index (κ1) is 12.5.